The highest BCUT2D eigenvalue weighted by molar-refractivity contribution is 4.62. The van der Waals surface area contributed by atoms with E-state index in [0.29, 0.717) is 0 Å². The Morgan fingerprint density at radius 3 is 2.57 bits per heavy atom. The van der Waals surface area contributed by atoms with Crippen molar-refractivity contribution in [1.29, 1.82) is 0 Å². The molecule has 0 saturated heterocycles. The minimum absolute atomic E-state index is 0. The van der Waals surface area contributed by atoms with E-state index >= 15 is 0 Å². The van der Waals surface area contributed by atoms with Crippen LogP contribution in [-0.4, -0.2) is 6.61 Å². The predicted molar refractivity (Wildman–Crippen MR) is 27.0 cm³/mol. The second kappa shape index (κ2) is 8.92. The molecule has 4 nitrogen and oxygen atoms in total. The lowest BCUT2D eigenvalue weighted by molar-refractivity contribution is 0.170. The van der Waals surface area contributed by atoms with E-state index in [2.05, 4.69) is 16.8 Å². The molecule has 0 heterocycles. The van der Waals surface area contributed by atoms with Crippen molar-refractivity contribution in [1.82, 2.24) is 6.15 Å². The van der Waals surface area contributed by atoms with Crippen LogP contribution in [0.1, 0.15) is 0 Å². The van der Waals surface area contributed by atoms with E-state index in [9.17, 15) is 0 Å². The van der Waals surface area contributed by atoms with Crippen LogP contribution in [0, 0.1) is 4.91 Å². The van der Waals surface area contributed by atoms with Crippen molar-refractivity contribution < 1.29 is 4.84 Å². The van der Waals surface area contributed by atoms with Crippen LogP contribution in [0.4, 0.5) is 0 Å². The first-order chi connectivity index (χ1) is 2.91. The maximum atomic E-state index is 9.04. The summed E-state index contributed by atoms with van der Waals surface area (Å²) >= 11 is 0. The van der Waals surface area contributed by atoms with Crippen molar-refractivity contribution >= 4 is 0 Å². The molecule has 7 heavy (non-hydrogen) atoms. The fourth-order valence-corrected chi connectivity index (χ4v) is 0.0831. The van der Waals surface area contributed by atoms with Gasteiger partial charge in [-0.2, -0.15) is 0 Å². The van der Waals surface area contributed by atoms with Crippen LogP contribution < -0.4 is 6.15 Å². The largest absolute Gasteiger partial charge is 0.360 e. The summed E-state index contributed by atoms with van der Waals surface area (Å²) in [7, 11) is 0. The van der Waals surface area contributed by atoms with E-state index in [-0.39, 0.29) is 12.8 Å². The second-order valence-corrected chi connectivity index (χ2v) is 0.659. The lowest BCUT2D eigenvalue weighted by Gasteiger charge is -1.78. The van der Waals surface area contributed by atoms with E-state index in [0.717, 1.165) is 0 Å². The predicted octanol–water partition coefficient (Wildman–Crippen LogP) is 1.03. The van der Waals surface area contributed by atoms with Gasteiger partial charge in [0.2, 0.25) is 0 Å². The van der Waals surface area contributed by atoms with Crippen molar-refractivity contribution in [3.63, 3.8) is 0 Å². The van der Waals surface area contributed by atoms with E-state index < -0.39 is 0 Å². The van der Waals surface area contributed by atoms with Crippen LogP contribution in [-0.2, 0) is 4.84 Å². The highest BCUT2D eigenvalue weighted by atomic mass is 16.7. The van der Waals surface area contributed by atoms with Crippen LogP contribution in [0.15, 0.2) is 18.0 Å². The van der Waals surface area contributed by atoms with Crippen LogP contribution >= 0.6 is 0 Å². The number of rotatable bonds is 3. The molecule has 4 heteroatoms. The minimum Gasteiger partial charge on any atom is -0.360 e. The first-order valence-electron chi connectivity index (χ1n) is 1.47. The molecule has 0 spiro atoms. The Hall–Kier alpha value is -0.900. The molecule has 0 saturated carbocycles. The third kappa shape index (κ3) is 11.1. The van der Waals surface area contributed by atoms with E-state index in [4.69, 9.17) is 4.91 Å². The molecule has 0 aliphatic carbocycles. The second-order valence-electron chi connectivity index (χ2n) is 0.659. The first-order valence-corrected chi connectivity index (χ1v) is 1.47. The summed E-state index contributed by atoms with van der Waals surface area (Å²) in [5, 5.41) is 2.10. The molecule has 0 aromatic rings. The van der Waals surface area contributed by atoms with Gasteiger partial charge in [0, 0.05) is 0 Å². The van der Waals surface area contributed by atoms with Gasteiger partial charge in [-0.25, -0.2) is 0 Å². The molecule has 0 fully saturated rings. The summed E-state index contributed by atoms with van der Waals surface area (Å²) < 4.78 is 0. The summed E-state index contributed by atoms with van der Waals surface area (Å²) in [6.45, 7) is 3.47. The molecule has 0 aliphatic heterocycles. The van der Waals surface area contributed by atoms with Gasteiger partial charge in [-0.3, -0.25) is 0 Å². The number of hydrogen-bond acceptors (Lipinski definition) is 4. The molecule has 0 radical (unpaired) electrons. The van der Waals surface area contributed by atoms with Gasteiger partial charge in [0.15, 0.2) is 5.34 Å². The Labute approximate surface area is 41.7 Å². The molecular formula is C3H8N2O2. The van der Waals surface area contributed by atoms with Gasteiger partial charge in [0.25, 0.3) is 0 Å². The molecule has 0 unspecified atom stereocenters. The Bertz CT molecular complexity index is 46.9. The standard InChI is InChI=1S/C3H5NO2.H3N/c1-2-3-6-4-5;/h2H,1,3H2;1H3. The lowest BCUT2D eigenvalue weighted by Crippen LogP contribution is -1.75. The molecule has 0 bridgehead atoms. The fourth-order valence-electron chi connectivity index (χ4n) is 0.0831. The summed E-state index contributed by atoms with van der Waals surface area (Å²) in [4.78, 5) is 13.0. The molecular weight excluding hydrogens is 96.0 g/mol. The van der Waals surface area contributed by atoms with Crippen LogP contribution in [0.25, 0.3) is 0 Å². The first kappa shape index (κ1) is 9.44. The molecule has 3 N–H and O–H groups in total. The van der Waals surface area contributed by atoms with E-state index in [1.165, 1.54) is 6.08 Å². The average molecular weight is 104 g/mol. The molecule has 0 amide bonds. The third-order valence-electron chi connectivity index (χ3n) is 0.245. The third-order valence-corrected chi connectivity index (χ3v) is 0.245. The fraction of sp³-hybridized carbons (Fsp3) is 0.333. The summed E-state index contributed by atoms with van der Waals surface area (Å²) in [5.74, 6) is 0. The molecule has 0 aliphatic rings. The average Bonchev–Trinajstić information content (AvgIpc) is 1.61. The SMILES string of the molecule is C=CCON=O.N. The maximum Gasteiger partial charge on any atom is 0.155 e. The smallest absolute Gasteiger partial charge is 0.155 e. The van der Waals surface area contributed by atoms with Gasteiger partial charge in [-0.15, -0.1) is 4.91 Å². The Kier molecular flexibility index (Phi) is 12.0. The van der Waals surface area contributed by atoms with Crippen molar-refractivity contribution in [3.05, 3.63) is 17.6 Å². The van der Waals surface area contributed by atoms with E-state index in [1.54, 1.807) is 0 Å². The minimum atomic E-state index is 0. The number of hydrogen-bond donors (Lipinski definition) is 1. The maximum absolute atomic E-state index is 9.04. The highest BCUT2D eigenvalue weighted by Gasteiger charge is 1.67. The summed E-state index contributed by atoms with van der Waals surface area (Å²) in [6, 6.07) is 0. The van der Waals surface area contributed by atoms with E-state index in [1.807, 2.05) is 0 Å². The zero-order valence-electron chi connectivity index (χ0n) is 3.96. The van der Waals surface area contributed by atoms with Gasteiger partial charge < -0.3 is 11.0 Å². The Balaban J connectivity index is 0. The number of nitrogens with zero attached hydrogens (tertiary/aromatic N) is 1. The van der Waals surface area contributed by atoms with Gasteiger partial charge >= 0.3 is 0 Å². The summed E-state index contributed by atoms with van der Waals surface area (Å²) in [5.41, 5.74) is 0. The van der Waals surface area contributed by atoms with Gasteiger partial charge in [-0.05, 0) is 0 Å². The molecule has 0 aromatic heterocycles. The Morgan fingerprint density at radius 1 is 1.86 bits per heavy atom. The van der Waals surface area contributed by atoms with Crippen LogP contribution in [0.3, 0.4) is 0 Å². The topological polar surface area (TPSA) is 73.7 Å². The van der Waals surface area contributed by atoms with Crippen molar-refractivity contribution in [2.75, 3.05) is 6.61 Å². The normalized spacial score (nSPS) is 5.71. The van der Waals surface area contributed by atoms with Crippen LogP contribution in [0.5, 0.6) is 0 Å². The zero-order chi connectivity index (χ0) is 4.83. The quantitative estimate of drug-likeness (QED) is 0.251. The molecule has 42 valence electrons. The van der Waals surface area contributed by atoms with Crippen molar-refractivity contribution in [3.8, 4) is 0 Å². The highest BCUT2D eigenvalue weighted by Crippen LogP contribution is 1.70. The molecule has 0 atom stereocenters. The molecule has 0 aromatic carbocycles. The Morgan fingerprint density at radius 2 is 2.43 bits per heavy atom. The van der Waals surface area contributed by atoms with Crippen LogP contribution in [0.2, 0.25) is 0 Å². The monoisotopic (exact) mass is 104 g/mol. The summed E-state index contributed by atoms with van der Waals surface area (Å²) in [6.07, 6.45) is 1.45. The van der Waals surface area contributed by atoms with Gasteiger partial charge in [0.05, 0.1) is 0 Å². The van der Waals surface area contributed by atoms with Crippen molar-refractivity contribution in [2.45, 2.75) is 0 Å². The lowest BCUT2D eigenvalue weighted by atomic mass is 10.7. The van der Waals surface area contributed by atoms with Crippen molar-refractivity contribution in [2.24, 2.45) is 5.34 Å². The van der Waals surface area contributed by atoms with Gasteiger partial charge in [-0.1, -0.05) is 12.7 Å². The van der Waals surface area contributed by atoms with Gasteiger partial charge in [0.1, 0.15) is 6.61 Å². The zero-order valence-corrected chi connectivity index (χ0v) is 3.96. The molecule has 0 rings (SSSR count).